The number of aromatic nitrogens is 1. The fourth-order valence-electron chi connectivity index (χ4n) is 0.665. The molecule has 1 rings (SSSR count). The number of hydrogen-bond acceptors (Lipinski definition) is 4. The van der Waals surface area contributed by atoms with Crippen LogP contribution in [0.15, 0.2) is 6.20 Å². The van der Waals surface area contributed by atoms with E-state index < -0.39 is 0 Å². The van der Waals surface area contributed by atoms with Crippen LogP contribution < -0.4 is 0 Å². The van der Waals surface area contributed by atoms with E-state index in [1.165, 1.54) is 11.3 Å². The molecule has 0 N–H and O–H groups in total. The van der Waals surface area contributed by atoms with Crippen LogP contribution in [-0.2, 0) is 16.1 Å². The van der Waals surface area contributed by atoms with Crippen molar-refractivity contribution in [2.45, 2.75) is 6.61 Å². The average Bonchev–Trinajstić information content (AvgIpc) is 2.45. The first kappa shape index (κ1) is 9.92. The van der Waals surface area contributed by atoms with E-state index in [-0.39, 0.29) is 0 Å². The Bertz CT molecular complexity index is 229. The molecule has 12 heavy (non-hydrogen) atoms. The van der Waals surface area contributed by atoms with Crippen LogP contribution in [0, 0.1) is 0 Å². The van der Waals surface area contributed by atoms with Crippen LogP contribution in [0.1, 0.15) is 4.88 Å². The molecule has 0 saturated heterocycles. The summed E-state index contributed by atoms with van der Waals surface area (Å²) in [6.07, 6.45) is 1.72. The lowest BCUT2D eigenvalue weighted by Crippen LogP contribution is -2.00. The molecule has 0 aliphatic rings. The van der Waals surface area contributed by atoms with Gasteiger partial charge in [0.2, 0.25) is 0 Å². The van der Waals surface area contributed by atoms with Crippen LogP contribution in [0.5, 0.6) is 0 Å². The zero-order valence-electron chi connectivity index (χ0n) is 6.75. The van der Waals surface area contributed by atoms with E-state index in [0.29, 0.717) is 24.3 Å². The monoisotopic (exact) mass is 207 g/mol. The van der Waals surface area contributed by atoms with Gasteiger partial charge in [-0.25, -0.2) is 4.98 Å². The van der Waals surface area contributed by atoms with Gasteiger partial charge in [0.05, 0.1) is 24.7 Å². The number of ether oxygens (including phenoxy) is 2. The van der Waals surface area contributed by atoms with Gasteiger partial charge < -0.3 is 9.47 Å². The Morgan fingerprint density at radius 2 is 2.42 bits per heavy atom. The van der Waals surface area contributed by atoms with Crippen molar-refractivity contribution < 1.29 is 9.47 Å². The van der Waals surface area contributed by atoms with Gasteiger partial charge in [0.1, 0.15) is 0 Å². The van der Waals surface area contributed by atoms with E-state index in [1.807, 2.05) is 0 Å². The SMILES string of the molecule is COCCOCc1cnc(Cl)s1. The maximum absolute atomic E-state index is 5.63. The molecule has 0 radical (unpaired) electrons. The minimum Gasteiger partial charge on any atom is -0.382 e. The predicted octanol–water partition coefficient (Wildman–Crippen LogP) is 1.96. The lowest BCUT2D eigenvalue weighted by atomic mass is 10.6. The molecule has 0 spiro atoms. The molecule has 68 valence electrons. The molecule has 0 aliphatic heterocycles. The van der Waals surface area contributed by atoms with Crippen molar-refractivity contribution in [3.05, 3.63) is 15.5 Å². The van der Waals surface area contributed by atoms with Gasteiger partial charge >= 0.3 is 0 Å². The molecule has 0 unspecified atom stereocenters. The minimum atomic E-state index is 0.556. The van der Waals surface area contributed by atoms with E-state index in [9.17, 15) is 0 Å². The molecule has 0 saturated carbocycles. The van der Waals surface area contributed by atoms with Crippen molar-refractivity contribution in [2.24, 2.45) is 0 Å². The van der Waals surface area contributed by atoms with Gasteiger partial charge in [-0.3, -0.25) is 0 Å². The standard InChI is InChI=1S/C7H10ClNO2S/c1-10-2-3-11-5-6-4-9-7(8)12-6/h4H,2-3,5H2,1H3. The zero-order chi connectivity index (χ0) is 8.81. The highest BCUT2D eigenvalue weighted by Gasteiger charge is 1.98. The van der Waals surface area contributed by atoms with E-state index in [0.717, 1.165) is 4.88 Å². The highest BCUT2D eigenvalue weighted by molar-refractivity contribution is 7.15. The summed E-state index contributed by atoms with van der Waals surface area (Å²) in [6, 6.07) is 0. The third-order valence-corrected chi connectivity index (χ3v) is 2.29. The fourth-order valence-corrected chi connectivity index (χ4v) is 1.58. The molecule has 0 aromatic carbocycles. The first-order chi connectivity index (χ1) is 5.83. The van der Waals surface area contributed by atoms with Crippen molar-refractivity contribution in [1.29, 1.82) is 0 Å². The Balaban J connectivity index is 2.15. The topological polar surface area (TPSA) is 31.4 Å². The van der Waals surface area contributed by atoms with Crippen molar-refractivity contribution in [2.75, 3.05) is 20.3 Å². The van der Waals surface area contributed by atoms with Gasteiger partial charge in [0.15, 0.2) is 4.47 Å². The lowest BCUT2D eigenvalue weighted by molar-refractivity contribution is 0.0628. The number of halogens is 1. The summed E-state index contributed by atoms with van der Waals surface area (Å²) in [5.74, 6) is 0. The molecule has 0 bridgehead atoms. The maximum Gasteiger partial charge on any atom is 0.183 e. The zero-order valence-corrected chi connectivity index (χ0v) is 8.32. The first-order valence-electron chi connectivity index (χ1n) is 3.50. The number of methoxy groups -OCH3 is 1. The van der Waals surface area contributed by atoms with Gasteiger partial charge in [-0.1, -0.05) is 11.6 Å². The summed E-state index contributed by atoms with van der Waals surface area (Å²) in [4.78, 5) is 4.93. The normalized spacial score (nSPS) is 10.5. The Hall–Kier alpha value is -0.160. The number of rotatable bonds is 5. The van der Waals surface area contributed by atoms with Crippen LogP contribution in [-0.4, -0.2) is 25.3 Å². The quantitative estimate of drug-likeness (QED) is 0.692. The fraction of sp³-hybridized carbons (Fsp3) is 0.571. The van der Waals surface area contributed by atoms with Gasteiger partial charge in [-0.2, -0.15) is 0 Å². The molecule has 1 heterocycles. The summed E-state index contributed by atoms with van der Waals surface area (Å²) in [5, 5.41) is 0. The Morgan fingerprint density at radius 3 is 3.00 bits per heavy atom. The molecule has 0 amide bonds. The third kappa shape index (κ3) is 3.49. The number of hydrogen-bond donors (Lipinski definition) is 0. The van der Waals surface area contributed by atoms with Gasteiger partial charge in [0, 0.05) is 13.3 Å². The summed E-state index contributed by atoms with van der Waals surface area (Å²) in [7, 11) is 1.65. The molecule has 0 aliphatic carbocycles. The molecule has 0 atom stereocenters. The summed E-state index contributed by atoms with van der Waals surface area (Å²) >= 11 is 7.06. The molecule has 3 nitrogen and oxygen atoms in total. The lowest BCUT2D eigenvalue weighted by Gasteiger charge is -1.99. The Kier molecular flexibility index (Phi) is 4.53. The highest BCUT2D eigenvalue weighted by atomic mass is 35.5. The Labute approximate surface area is 80.3 Å². The highest BCUT2D eigenvalue weighted by Crippen LogP contribution is 2.17. The van der Waals surface area contributed by atoms with E-state index in [2.05, 4.69) is 4.98 Å². The van der Waals surface area contributed by atoms with Crippen LogP contribution in [0.3, 0.4) is 0 Å². The molecular weight excluding hydrogens is 198 g/mol. The molecule has 1 aromatic heterocycles. The number of thiazole rings is 1. The second kappa shape index (κ2) is 5.48. The van der Waals surface area contributed by atoms with Crippen LogP contribution in [0.2, 0.25) is 4.47 Å². The van der Waals surface area contributed by atoms with Gasteiger partial charge in [0.25, 0.3) is 0 Å². The average molecular weight is 208 g/mol. The predicted molar refractivity (Wildman–Crippen MR) is 48.7 cm³/mol. The molecule has 0 fully saturated rings. The minimum absolute atomic E-state index is 0.556. The third-order valence-electron chi connectivity index (χ3n) is 1.20. The number of nitrogens with zero attached hydrogens (tertiary/aromatic N) is 1. The maximum atomic E-state index is 5.63. The van der Waals surface area contributed by atoms with Crippen molar-refractivity contribution >= 4 is 22.9 Å². The van der Waals surface area contributed by atoms with Gasteiger partial charge in [-0.05, 0) is 0 Å². The van der Waals surface area contributed by atoms with Crippen molar-refractivity contribution in [1.82, 2.24) is 4.98 Å². The summed E-state index contributed by atoms with van der Waals surface area (Å²) in [6.45, 7) is 1.78. The van der Waals surface area contributed by atoms with E-state index in [1.54, 1.807) is 13.3 Å². The van der Waals surface area contributed by atoms with Gasteiger partial charge in [-0.15, -0.1) is 11.3 Å². The van der Waals surface area contributed by atoms with Crippen LogP contribution in [0.25, 0.3) is 0 Å². The second-order valence-electron chi connectivity index (χ2n) is 2.12. The second-order valence-corrected chi connectivity index (χ2v) is 3.82. The Morgan fingerprint density at radius 1 is 1.58 bits per heavy atom. The first-order valence-corrected chi connectivity index (χ1v) is 4.69. The van der Waals surface area contributed by atoms with E-state index >= 15 is 0 Å². The molecule has 1 aromatic rings. The molecular formula is C7H10ClNO2S. The van der Waals surface area contributed by atoms with Crippen LogP contribution >= 0.6 is 22.9 Å². The largest absolute Gasteiger partial charge is 0.382 e. The van der Waals surface area contributed by atoms with Crippen LogP contribution in [0.4, 0.5) is 0 Å². The summed E-state index contributed by atoms with van der Waals surface area (Å²) in [5.41, 5.74) is 0. The van der Waals surface area contributed by atoms with Crippen molar-refractivity contribution in [3.8, 4) is 0 Å². The molecule has 5 heteroatoms. The summed E-state index contributed by atoms with van der Waals surface area (Å²) < 4.78 is 10.6. The smallest absolute Gasteiger partial charge is 0.183 e. The van der Waals surface area contributed by atoms with E-state index in [4.69, 9.17) is 21.1 Å². The van der Waals surface area contributed by atoms with Crippen molar-refractivity contribution in [3.63, 3.8) is 0 Å².